The van der Waals surface area contributed by atoms with Crippen molar-refractivity contribution in [3.63, 3.8) is 0 Å². The summed E-state index contributed by atoms with van der Waals surface area (Å²) in [7, 11) is 0. The third-order valence-corrected chi connectivity index (χ3v) is 1.97. The summed E-state index contributed by atoms with van der Waals surface area (Å²) in [5.74, 6) is -1.42. The smallest absolute Gasteiger partial charge is 0.282 e. The van der Waals surface area contributed by atoms with E-state index in [1.54, 1.807) is 6.92 Å². The molecule has 1 saturated heterocycles. The monoisotopic (exact) mass is 190 g/mol. The Labute approximate surface area is 78.8 Å². The second kappa shape index (κ2) is 4.91. The molecule has 0 bridgehead atoms. The molecule has 1 aliphatic heterocycles. The lowest BCUT2D eigenvalue weighted by atomic mass is 10.2. The minimum atomic E-state index is -1.42. The first-order valence-corrected chi connectivity index (χ1v) is 4.82. The van der Waals surface area contributed by atoms with Crippen LogP contribution < -0.4 is 0 Å². The first kappa shape index (κ1) is 10.9. The molecular formula is C9H18O4. The van der Waals surface area contributed by atoms with Crippen molar-refractivity contribution >= 4 is 0 Å². The molecule has 0 aliphatic carbocycles. The molecule has 1 fully saturated rings. The highest BCUT2D eigenvalue weighted by atomic mass is 16.9. The molecule has 0 radical (unpaired) electrons. The first-order valence-electron chi connectivity index (χ1n) is 4.82. The third kappa shape index (κ3) is 3.60. The third-order valence-electron chi connectivity index (χ3n) is 1.97. The van der Waals surface area contributed by atoms with Crippen LogP contribution in [0.25, 0.3) is 0 Å². The van der Waals surface area contributed by atoms with Crippen molar-refractivity contribution in [2.75, 3.05) is 13.2 Å². The predicted octanol–water partition coefficient (Wildman–Crippen LogP) is 1.23. The van der Waals surface area contributed by atoms with Crippen LogP contribution in [0.15, 0.2) is 0 Å². The van der Waals surface area contributed by atoms with Gasteiger partial charge in [0.05, 0.1) is 6.61 Å². The quantitative estimate of drug-likeness (QED) is 0.677. The summed E-state index contributed by atoms with van der Waals surface area (Å²) in [6, 6.07) is 0. The molecule has 1 rings (SSSR count). The molecule has 2 unspecified atom stereocenters. The van der Waals surface area contributed by atoms with Crippen molar-refractivity contribution in [1.29, 1.82) is 0 Å². The van der Waals surface area contributed by atoms with Gasteiger partial charge >= 0.3 is 0 Å². The number of hydrogen-bond acceptors (Lipinski definition) is 4. The molecule has 1 N–H and O–H groups in total. The van der Waals surface area contributed by atoms with Crippen LogP contribution in [-0.4, -0.2) is 30.6 Å². The molecule has 13 heavy (non-hydrogen) atoms. The average Bonchev–Trinajstić information content (AvgIpc) is 2.04. The van der Waals surface area contributed by atoms with Crippen LogP contribution in [0.1, 0.15) is 33.1 Å². The van der Waals surface area contributed by atoms with E-state index in [-0.39, 0.29) is 0 Å². The number of ether oxygens (including phenoxy) is 3. The molecule has 0 amide bonds. The van der Waals surface area contributed by atoms with E-state index >= 15 is 0 Å². The van der Waals surface area contributed by atoms with Crippen LogP contribution in [0, 0.1) is 0 Å². The lowest BCUT2D eigenvalue weighted by Gasteiger charge is -2.33. The summed E-state index contributed by atoms with van der Waals surface area (Å²) in [5, 5.41) is 9.74. The summed E-state index contributed by atoms with van der Waals surface area (Å²) < 4.78 is 15.5. The lowest BCUT2D eigenvalue weighted by molar-refractivity contribution is -0.410. The van der Waals surface area contributed by atoms with E-state index in [4.69, 9.17) is 14.2 Å². The molecular weight excluding hydrogens is 172 g/mol. The van der Waals surface area contributed by atoms with Gasteiger partial charge in [-0.2, -0.15) is 0 Å². The van der Waals surface area contributed by atoms with Crippen LogP contribution in [0.4, 0.5) is 0 Å². The zero-order chi connectivity index (χ0) is 9.73. The van der Waals surface area contributed by atoms with Crippen LogP contribution in [0.5, 0.6) is 0 Å². The standard InChI is InChI=1S/C9H18O4/c1-3-11-8(2)13-9(10)6-4-5-7-12-9/h8,10H,3-7H2,1-2H3. The Hall–Kier alpha value is -0.160. The Morgan fingerprint density at radius 1 is 1.54 bits per heavy atom. The highest BCUT2D eigenvalue weighted by molar-refractivity contribution is 4.61. The summed E-state index contributed by atoms with van der Waals surface area (Å²) in [6.07, 6.45) is 2.00. The van der Waals surface area contributed by atoms with Gasteiger partial charge in [-0.3, -0.25) is 4.74 Å². The van der Waals surface area contributed by atoms with Gasteiger partial charge in [0.2, 0.25) is 0 Å². The Bertz CT molecular complexity index is 143. The average molecular weight is 190 g/mol. The molecule has 1 aliphatic rings. The fourth-order valence-electron chi connectivity index (χ4n) is 1.38. The van der Waals surface area contributed by atoms with Crippen LogP contribution >= 0.6 is 0 Å². The number of rotatable bonds is 4. The number of hydrogen-bond donors (Lipinski definition) is 1. The van der Waals surface area contributed by atoms with Crippen LogP contribution in [-0.2, 0) is 14.2 Å². The summed E-state index contributed by atoms with van der Waals surface area (Å²) in [4.78, 5) is 0. The van der Waals surface area contributed by atoms with Gasteiger partial charge in [0, 0.05) is 13.0 Å². The van der Waals surface area contributed by atoms with E-state index in [9.17, 15) is 5.11 Å². The van der Waals surface area contributed by atoms with Gasteiger partial charge in [-0.15, -0.1) is 0 Å². The molecule has 78 valence electrons. The van der Waals surface area contributed by atoms with Gasteiger partial charge in [-0.1, -0.05) is 0 Å². The van der Waals surface area contributed by atoms with Crippen molar-refractivity contribution in [3.05, 3.63) is 0 Å². The summed E-state index contributed by atoms with van der Waals surface area (Å²) >= 11 is 0. The maximum Gasteiger partial charge on any atom is 0.282 e. The molecule has 0 saturated carbocycles. The van der Waals surface area contributed by atoms with Crippen molar-refractivity contribution < 1.29 is 19.3 Å². The summed E-state index contributed by atoms with van der Waals surface area (Å²) in [5.41, 5.74) is 0. The van der Waals surface area contributed by atoms with E-state index in [2.05, 4.69) is 0 Å². The molecule has 0 aromatic heterocycles. The van der Waals surface area contributed by atoms with E-state index < -0.39 is 12.3 Å². The molecule has 2 atom stereocenters. The van der Waals surface area contributed by atoms with E-state index in [0.29, 0.717) is 19.6 Å². The van der Waals surface area contributed by atoms with Gasteiger partial charge in [0.1, 0.15) is 0 Å². The van der Waals surface area contributed by atoms with Gasteiger partial charge in [0.15, 0.2) is 6.29 Å². The highest BCUT2D eigenvalue weighted by Crippen LogP contribution is 2.24. The van der Waals surface area contributed by atoms with Gasteiger partial charge in [-0.05, 0) is 26.7 Å². The Balaban J connectivity index is 2.31. The molecule has 1 heterocycles. The fourth-order valence-corrected chi connectivity index (χ4v) is 1.38. The Morgan fingerprint density at radius 2 is 2.31 bits per heavy atom. The van der Waals surface area contributed by atoms with Crippen molar-refractivity contribution in [2.24, 2.45) is 0 Å². The molecule has 0 aromatic carbocycles. The molecule has 0 aromatic rings. The predicted molar refractivity (Wildman–Crippen MR) is 46.9 cm³/mol. The second-order valence-electron chi connectivity index (χ2n) is 3.16. The lowest BCUT2D eigenvalue weighted by Crippen LogP contribution is -2.42. The second-order valence-corrected chi connectivity index (χ2v) is 3.16. The molecule has 4 heteroatoms. The van der Waals surface area contributed by atoms with Gasteiger partial charge in [0.25, 0.3) is 5.97 Å². The van der Waals surface area contributed by atoms with Gasteiger partial charge < -0.3 is 14.6 Å². The topological polar surface area (TPSA) is 47.9 Å². The maximum atomic E-state index is 9.74. The van der Waals surface area contributed by atoms with Crippen molar-refractivity contribution in [1.82, 2.24) is 0 Å². The Morgan fingerprint density at radius 3 is 2.85 bits per heavy atom. The van der Waals surface area contributed by atoms with E-state index in [1.165, 1.54) is 0 Å². The minimum absolute atomic E-state index is 0.423. The van der Waals surface area contributed by atoms with Crippen molar-refractivity contribution in [3.8, 4) is 0 Å². The largest absolute Gasteiger partial charge is 0.353 e. The fraction of sp³-hybridized carbons (Fsp3) is 1.00. The summed E-state index contributed by atoms with van der Waals surface area (Å²) in [6.45, 7) is 4.75. The van der Waals surface area contributed by atoms with Crippen LogP contribution in [0.2, 0.25) is 0 Å². The first-order chi connectivity index (χ1) is 6.16. The maximum absolute atomic E-state index is 9.74. The molecule has 0 spiro atoms. The zero-order valence-corrected chi connectivity index (χ0v) is 8.28. The zero-order valence-electron chi connectivity index (χ0n) is 8.28. The Kier molecular flexibility index (Phi) is 4.12. The number of aliphatic hydroxyl groups is 1. The normalized spacial score (nSPS) is 31.6. The van der Waals surface area contributed by atoms with Gasteiger partial charge in [-0.25, -0.2) is 0 Å². The van der Waals surface area contributed by atoms with E-state index in [1.807, 2.05) is 6.92 Å². The molecule has 4 nitrogen and oxygen atoms in total. The minimum Gasteiger partial charge on any atom is -0.353 e. The van der Waals surface area contributed by atoms with E-state index in [0.717, 1.165) is 12.8 Å². The van der Waals surface area contributed by atoms with Crippen LogP contribution in [0.3, 0.4) is 0 Å². The van der Waals surface area contributed by atoms with Crippen molar-refractivity contribution in [2.45, 2.75) is 45.4 Å². The highest BCUT2D eigenvalue weighted by Gasteiger charge is 2.33. The SMILES string of the molecule is CCOC(C)OC1(O)CCCCO1.